The van der Waals surface area contributed by atoms with Crippen molar-refractivity contribution < 1.29 is 9.84 Å². The van der Waals surface area contributed by atoms with Crippen LogP contribution in [0.5, 0.6) is 11.5 Å². The highest BCUT2D eigenvalue weighted by Gasteiger charge is 2.15. The summed E-state index contributed by atoms with van der Waals surface area (Å²) >= 11 is 6.05. The van der Waals surface area contributed by atoms with Crippen LogP contribution >= 0.6 is 11.6 Å². The van der Waals surface area contributed by atoms with Gasteiger partial charge in [-0.1, -0.05) is 23.6 Å². The second-order valence-electron chi connectivity index (χ2n) is 5.15. The molecular weight excluding hydrogens is 344 g/mol. The van der Waals surface area contributed by atoms with Gasteiger partial charge >= 0.3 is 5.69 Å². The molecule has 0 unspecified atom stereocenters. The number of rotatable bonds is 4. The lowest BCUT2D eigenvalue weighted by atomic mass is 10.1. The van der Waals surface area contributed by atoms with Crippen molar-refractivity contribution in [1.29, 1.82) is 0 Å². The third kappa shape index (κ3) is 3.20. The van der Waals surface area contributed by atoms with Gasteiger partial charge in [0.2, 0.25) is 0 Å². The van der Waals surface area contributed by atoms with Gasteiger partial charge < -0.3 is 9.84 Å². The summed E-state index contributed by atoms with van der Waals surface area (Å²) in [7, 11) is 1.50. The first kappa shape index (κ1) is 16.6. The zero-order chi connectivity index (χ0) is 18.0. The van der Waals surface area contributed by atoms with Crippen molar-refractivity contribution in [2.75, 3.05) is 0 Å². The van der Waals surface area contributed by atoms with Crippen molar-refractivity contribution >= 4 is 11.6 Å². The van der Waals surface area contributed by atoms with Crippen molar-refractivity contribution in [3.63, 3.8) is 0 Å². The quantitative estimate of drug-likeness (QED) is 0.722. The molecule has 0 spiro atoms. The van der Waals surface area contributed by atoms with Crippen LogP contribution in [0.4, 0.5) is 0 Å². The molecule has 3 rings (SSSR count). The molecule has 7 nitrogen and oxygen atoms in total. The van der Waals surface area contributed by atoms with Crippen LogP contribution in [0.1, 0.15) is 11.1 Å². The smallest absolute Gasteiger partial charge is 0.368 e. The first-order valence-electron chi connectivity index (χ1n) is 7.20. The lowest BCUT2D eigenvalue weighted by Crippen LogP contribution is -2.23. The number of halogens is 1. The van der Waals surface area contributed by atoms with Crippen molar-refractivity contribution in [3.05, 3.63) is 63.0 Å². The Morgan fingerprint density at radius 2 is 2.12 bits per heavy atom. The zero-order valence-corrected chi connectivity index (χ0v) is 13.9. The molecule has 0 radical (unpaired) electrons. The Morgan fingerprint density at radius 1 is 1.32 bits per heavy atom. The second-order valence-corrected chi connectivity index (χ2v) is 5.56. The molecule has 0 amide bonds. The number of aromatic hydroxyl groups is 1. The number of nitrogens with zero attached hydrogens (tertiary/aromatic N) is 4. The summed E-state index contributed by atoms with van der Waals surface area (Å²) in [6.45, 7) is 0.0587. The molecule has 2 aromatic carbocycles. The van der Waals surface area contributed by atoms with Crippen LogP contribution in [-0.2, 0) is 13.7 Å². The van der Waals surface area contributed by atoms with Crippen molar-refractivity contribution in [1.82, 2.24) is 19.8 Å². The molecule has 126 valence electrons. The topological polar surface area (TPSA) is 82.2 Å². The highest BCUT2D eigenvalue weighted by Crippen LogP contribution is 2.29. The summed E-state index contributed by atoms with van der Waals surface area (Å²) in [6.07, 6.45) is 5.57. The molecule has 25 heavy (non-hydrogen) atoms. The number of benzene rings is 2. The average molecular weight is 357 g/mol. The van der Waals surface area contributed by atoms with Crippen molar-refractivity contribution in [2.45, 2.75) is 6.61 Å². The predicted molar refractivity (Wildman–Crippen MR) is 92.0 cm³/mol. The Kier molecular flexibility index (Phi) is 4.46. The minimum absolute atomic E-state index is 0.0353. The summed E-state index contributed by atoms with van der Waals surface area (Å²) in [5.41, 5.74) is 1.23. The molecule has 0 bridgehead atoms. The SMILES string of the molecule is C#Cc1cccc(-n2nnn(C)c2=O)c1COc1ccc(O)cc1Cl. The number of tetrazole rings is 1. The third-order valence-electron chi connectivity index (χ3n) is 3.54. The summed E-state index contributed by atoms with van der Waals surface area (Å²) in [5, 5.41) is 17.2. The summed E-state index contributed by atoms with van der Waals surface area (Å²) in [5.74, 6) is 2.98. The van der Waals surface area contributed by atoms with E-state index >= 15 is 0 Å². The van der Waals surface area contributed by atoms with Gasteiger partial charge in [-0.15, -0.1) is 6.42 Å². The fourth-order valence-corrected chi connectivity index (χ4v) is 2.51. The van der Waals surface area contributed by atoms with E-state index in [4.69, 9.17) is 22.8 Å². The molecule has 0 atom stereocenters. The summed E-state index contributed by atoms with van der Waals surface area (Å²) in [6, 6.07) is 9.55. The van der Waals surface area contributed by atoms with Crippen molar-refractivity contribution in [2.24, 2.45) is 7.05 Å². The zero-order valence-electron chi connectivity index (χ0n) is 13.2. The number of aryl methyl sites for hydroxylation is 1. The maximum Gasteiger partial charge on any atom is 0.368 e. The first-order chi connectivity index (χ1) is 12.0. The summed E-state index contributed by atoms with van der Waals surface area (Å²) < 4.78 is 7.99. The molecule has 0 aliphatic carbocycles. The number of hydrogen-bond donors (Lipinski definition) is 1. The van der Waals surface area contributed by atoms with Gasteiger partial charge in [-0.05, 0) is 34.7 Å². The molecule has 0 saturated carbocycles. The Hall–Kier alpha value is -3.24. The Bertz CT molecular complexity index is 1030. The Morgan fingerprint density at radius 3 is 2.76 bits per heavy atom. The molecule has 8 heteroatoms. The number of phenolic OH excluding ortho intramolecular Hbond substituents is 1. The van der Waals surface area contributed by atoms with E-state index in [0.29, 0.717) is 22.6 Å². The molecule has 1 N–H and O–H groups in total. The molecule has 1 heterocycles. The van der Waals surface area contributed by atoms with Crippen LogP contribution < -0.4 is 10.4 Å². The van der Waals surface area contributed by atoms with Crippen LogP contribution in [0, 0.1) is 12.3 Å². The summed E-state index contributed by atoms with van der Waals surface area (Å²) in [4.78, 5) is 12.1. The molecule has 0 fully saturated rings. The molecule has 0 saturated heterocycles. The van der Waals surface area contributed by atoms with Gasteiger partial charge in [-0.3, -0.25) is 0 Å². The minimum Gasteiger partial charge on any atom is -0.508 e. The third-order valence-corrected chi connectivity index (χ3v) is 3.84. The minimum atomic E-state index is -0.405. The van der Waals surface area contributed by atoms with Crippen LogP contribution in [0.15, 0.2) is 41.2 Å². The van der Waals surface area contributed by atoms with E-state index in [9.17, 15) is 9.90 Å². The lowest BCUT2D eigenvalue weighted by Gasteiger charge is -2.13. The van der Waals surface area contributed by atoms with Crippen molar-refractivity contribution in [3.8, 4) is 29.5 Å². The van der Waals surface area contributed by atoms with E-state index in [0.717, 1.165) is 9.36 Å². The number of phenols is 1. The number of aromatic nitrogens is 4. The first-order valence-corrected chi connectivity index (χ1v) is 7.58. The number of hydrogen-bond acceptors (Lipinski definition) is 5. The van der Waals surface area contributed by atoms with E-state index in [1.165, 1.54) is 19.2 Å². The van der Waals surface area contributed by atoms with Gasteiger partial charge in [0.05, 0.1) is 10.7 Å². The monoisotopic (exact) mass is 356 g/mol. The van der Waals surface area contributed by atoms with Gasteiger partial charge in [0.25, 0.3) is 0 Å². The predicted octanol–water partition coefficient (Wildman–Crippen LogP) is 1.89. The molecule has 0 aliphatic heterocycles. The van der Waals surface area contributed by atoms with Gasteiger partial charge in [0.15, 0.2) is 0 Å². The maximum atomic E-state index is 12.1. The standard InChI is InChI=1S/C17H13ClN4O3/c1-3-11-5-4-6-15(22-17(24)21(2)19-20-22)13(11)10-25-16-8-7-12(23)9-14(16)18/h1,4-9,23H,10H2,2H3. The fourth-order valence-electron chi connectivity index (χ4n) is 2.28. The van der Waals surface area contributed by atoms with E-state index < -0.39 is 5.69 Å². The number of ether oxygens (including phenoxy) is 1. The van der Waals surface area contributed by atoms with E-state index in [2.05, 4.69) is 16.3 Å². The Balaban J connectivity index is 2.01. The molecular formula is C17H13ClN4O3. The lowest BCUT2D eigenvalue weighted by molar-refractivity contribution is 0.305. The molecule has 3 aromatic rings. The second kappa shape index (κ2) is 6.71. The molecule has 0 aliphatic rings. The van der Waals surface area contributed by atoms with E-state index in [1.54, 1.807) is 24.3 Å². The van der Waals surface area contributed by atoms with E-state index in [-0.39, 0.29) is 17.4 Å². The average Bonchev–Trinajstić information content (AvgIpc) is 2.93. The Labute approximate surface area is 148 Å². The van der Waals surface area contributed by atoms with E-state index in [1.807, 2.05) is 0 Å². The normalized spacial score (nSPS) is 10.4. The van der Waals surface area contributed by atoms with Gasteiger partial charge in [0, 0.05) is 24.2 Å². The highest BCUT2D eigenvalue weighted by atomic mass is 35.5. The highest BCUT2D eigenvalue weighted by molar-refractivity contribution is 6.32. The maximum absolute atomic E-state index is 12.1. The number of terminal acetylenes is 1. The van der Waals surface area contributed by atoms with Gasteiger partial charge in [-0.25, -0.2) is 4.79 Å². The van der Waals surface area contributed by atoms with Crippen LogP contribution in [0.3, 0.4) is 0 Å². The van der Waals surface area contributed by atoms with Crippen LogP contribution in [0.2, 0.25) is 5.02 Å². The van der Waals surface area contributed by atoms with Crippen LogP contribution in [-0.4, -0.2) is 24.9 Å². The fraction of sp³-hybridized carbons (Fsp3) is 0.118. The van der Waals surface area contributed by atoms with Gasteiger partial charge in [-0.2, -0.15) is 9.36 Å². The van der Waals surface area contributed by atoms with Gasteiger partial charge in [0.1, 0.15) is 18.1 Å². The largest absolute Gasteiger partial charge is 0.508 e. The van der Waals surface area contributed by atoms with Crippen LogP contribution in [0.25, 0.3) is 5.69 Å². The molecule has 1 aromatic heterocycles.